The summed E-state index contributed by atoms with van der Waals surface area (Å²) in [5, 5.41) is 31.7. The molecule has 0 bridgehead atoms. The molecule has 0 aliphatic rings. The predicted octanol–water partition coefficient (Wildman–Crippen LogP) is 9.91. The van der Waals surface area contributed by atoms with E-state index in [2.05, 4.69) is 21.3 Å². The number of esters is 1. The molecule has 438 valence electrons. The molecule has 0 saturated heterocycles. The maximum Gasteiger partial charge on any atom is 0.408 e. The molecule has 6 N–H and O–H groups in total. The number of amides is 4. The van der Waals surface area contributed by atoms with Crippen molar-refractivity contribution in [2.45, 2.75) is 103 Å². The number of nitrogens with one attached hydrogen (secondary N) is 4. The zero-order chi connectivity index (χ0) is 59.8. The molecule has 0 aliphatic heterocycles. The van der Waals surface area contributed by atoms with Gasteiger partial charge in [-0.15, -0.1) is 0 Å². The van der Waals surface area contributed by atoms with Crippen molar-refractivity contribution in [1.82, 2.24) is 21.3 Å². The topological polar surface area (TPSA) is 246 Å². The third kappa shape index (κ3) is 20.4. The van der Waals surface area contributed by atoms with Gasteiger partial charge in [-0.25, -0.2) is 28.4 Å². The van der Waals surface area contributed by atoms with Crippen molar-refractivity contribution in [3.63, 3.8) is 0 Å². The summed E-state index contributed by atoms with van der Waals surface area (Å²) in [6, 6.07) is 47.4. The maximum atomic E-state index is 17.1. The second kappa shape index (κ2) is 30.9. The zero-order valence-corrected chi connectivity index (χ0v) is 46.7. The van der Waals surface area contributed by atoms with Gasteiger partial charge in [-0.2, -0.15) is 0 Å². The van der Waals surface area contributed by atoms with Gasteiger partial charge in [-0.1, -0.05) is 158 Å². The van der Waals surface area contributed by atoms with Crippen molar-refractivity contribution in [2.75, 3.05) is 6.54 Å². The van der Waals surface area contributed by atoms with Crippen molar-refractivity contribution in [2.24, 2.45) is 0 Å². The fraction of sp³-hybridized carbons (Fsp3) is 0.262. The highest BCUT2D eigenvalue weighted by Crippen LogP contribution is 2.35. The van der Waals surface area contributed by atoms with Crippen molar-refractivity contribution in [3.05, 3.63) is 227 Å². The van der Waals surface area contributed by atoms with Crippen LogP contribution in [0, 0.1) is 5.82 Å². The van der Waals surface area contributed by atoms with Crippen LogP contribution in [0.25, 0.3) is 11.1 Å². The molecule has 19 heteroatoms. The Balaban J connectivity index is 1.22. The van der Waals surface area contributed by atoms with Gasteiger partial charge in [-0.3, -0.25) is 4.79 Å². The molecule has 0 spiro atoms. The van der Waals surface area contributed by atoms with Gasteiger partial charge in [-0.05, 0) is 89.5 Å². The molecule has 84 heavy (non-hydrogen) atoms. The summed E-state index contributed by atoms with van der Waals surface area (Å²) in [6.07, 6.45) is -5.65. The summed E-state index contributed by atoms with van der Waals surface area (Å²) in [5.41, 5.74) is 3.42. The lowest BCUT2D eigenvalue weighted by Gasteiger charge is -2.26. The minimum absolute atomic E-state index is 0.0560. The lowest BCUT2D eigenvalue weighted by atomic mass is 9.95. The fourth-order valence-corrected chi connectivity index (χ4v) is 8.51. The summed E-state index contributed by atoms with van der Waals surface area (Å²) >= 11 is 0. The number of aliphatic hydroxyl groups excluding tert-OH is 1. The van der Waals surface area contributed by atoms with E-state index in [0.717, 1.165) is 11.1 Å². The number of alkyl carbamates (subject to hydrolysis) is 3. The Labute approximate surface area is 486 Å². The third-order valence-electron chi connectivity index (χ3n) is 12.7. The normalized spacial score (nSPS) is 12.4. The van der Waals surface area contributed by atoms with E-state index < -0.39 is 91.2 Å². The monoisotopic (exact) mass is 1150 g/mol. The van der Waals surface area contributed by atoms with Crippen LogP contribution in [-0.2, 0) is 79.2 Å². The second-order valence-electron chi connectivity index (χ2n) is 20.5. The van der Waals surface area contributed by atoms with Crippen LogP contribution in [-0.4, -0.2) is 82.7 Å². The number of hydrogen-bond acceptors (Lipinski definition) is 13. The first-order chi connectivity index (χ1) is 40.4. The number of carbonyl (C=O) groups is 6. The van der Waals surface area contributed by atoms with Gasteiger partial charge in [0.15, 0.2) is 11.6 Å². The number of rotatable bonds is 27. The standard InChI is InChI=1S/C65H67FN4O14/c1-65(2,3)84-64(78)69-54(36-52(71)37-67-62(76)82-41-46-25-15-7-16-26-46)59(72)68-56(61(75)81-40-45-23-13-6-14-24-45)35-51-32-49(33-53(66)58(51)80-39-44-21-11-5-12-22-44)48-29-30-57(79-38-43-19-9-4-10-20-43)50(31-48)34-55(60(73)74)70-63(77)83-42-47-27-17-8-18-28-47/h4-33,52,54-56,71H,34-42H2,1-3H3,(H,67,76)(H,68,72)(H,69,78)(H,70,77)(H,73,74)/t52-,54+,55+,56+/m1/s1. The van der Waals surface area contributed by atoms with Gasteiger partial charge >= 0.3 is 30.2 Å². The van der Waals surface area contributed by atoms with Crippen LogP contribution in [0.2, 0.25) is 0 Å². The summed E-state index contributed by atoms with van der Waals surface area (Å²) < 4.78 is 51.5. The van der Waals surface area contributed by atoms with Crippen LogP contribution in [0.4, 0.5) is 18.8 Å². The number of halogens is 1. The van der Waals surface area contributed by atoms with Gasteiger partial charge < -0.3 is 59.9 Å². The molecule has 0 unspecified atom stereocenters. The highest BCUT2D eigenvalue weighted by molar-refractivity contribution is 5.90. The zero-order valence-electron chi connectivity index (χ0n) is 46.7. The first kappa shape index (κ1) is 61.9. The second-order valence-corrected chi connectivity index (χ2v) is 20.5. The Morgan fingerprint density at radius 3 is 1.49 bits per heavy atom. The van der Waals surface area contributed by atoms with Gasteiger partial charge in [0.2, 0.25) is 5.91 Å². The highest BCUT2D eigenvalue weighted by Gasteiger charge is 2.33. The maximum absolute atomic E-state index is 17.1. The number of carboxylic acid groups (broad SMARTS) is 1. The molecule has 4 atom stereocenters. The fourth-order valence-electron chi connectivity index (χ4n) is 8.51. The number of benzene rings is 7. The number of hydrogen-bond donors (Lipinski definition) is 6. The van der Waals surface area contributed by atoms with Gasteiger partial charge in [0, 0.05) is 31.4 Å². The molecule has 18 nitrogen and oxygen atoms in total. The number of aliphatic hydroxyl groups is 1. The molecular formula is C65H67FN4O14. The highest BCUT2D eigenvalue weighted by atomic mass is 19.1. The van der Waals surface area contributed by atoms with Crippen LogP contribution in [0.1, 0.15) is 66.1 Å². The van der Waals surface area contributed by atoms with Gasteiger partial charge in [0.25, 0.3) is 0 Å². The van der Waals surface area contributed by atoms with Crippen LogP contribution in [0.15, 0.2) is 182 Å². The Bertz CT molecular complexity index is 3280. The predicted molar refractivity (Wildman–Crippen MR) is 309 cm³/mol. The molecule has 0 saturated carbocycles. The Morgan fingerprint density at radius 1 is 0.500 bits per heavy atom. The van der Waals surface area contributed by atoms with E-state index in [4.69, 9.17) is 28.4 Å². The van der Waals surface area contributed by atoms with Crippen LogP contribution in [0.3, 0.4) is 0 Å². The summed E-state index contributed by atoms with van der Waals surface area (Å²) in [4.78, 5) is 81.0. The molecule has 0 radical (unpaired) electrons. The molecule has 0 aliphatic carbocycles. The molecule has 0 aromatic heterocycles. The van der Waals surface area contributed by atoms with Crippen molar-refractivity contribution in [1.29, 1.82) is 0 Å². The van der Waals surface area contributed by atoms with E-state index in [1.807, 2.05) is 36.4 Å². The lowest BCUT2D eigenvalue weighted by Crippen LogP contribution is -2.54. The molecule has 7 aromatic rings. The molecule has 4 amide bonds. The van der Waals surface area contributed by atoms with Crippen LogP contribution in [0.5, 0.6) is 11.5 Å². The average molecular weight is 1150 g/mol. The van der Waals surface area contributed by atoms with Crippen LogP contribution < -0.4 is 30.7 Å². The summed E-state index contributed by atoms with van der Waals surface area (Å²) in [5.74, 6) is -4.23. The molecule has 7 aromatic carbocycles. The Hall–Kier alpha value is -9.75. The molecule has 0 heterocycles. The van der Waals surface area contributed by atoms with Gasteiger partial charge in [0.05, 0.1) is 6.10 Å². The first-order valence-corrected chi connectivity index (χ1v) is 27.1. The minimum Gasteiger partial charge on any atom is -0.489 e. The minimum atomic E-state index is -1.63. The van der Waals surface area contributed by atoms with E-state index in [1.165, 1.54) is 6.07 Å². The molecular weight excluding hydrogens is 1080 g/mol. The third-order valence-corrected chi connectivity index (χ3v) is 12.7. The number of ether oxygens (including phenoxy) is 6. The number of carbonyl (C=O) groups excluding carboxylic acids is 5. The number of aliphatic carboxylic acids is 1. The first-order valence-electron chi connectivity index (χ1n) is 27.1. The van der Waals surface area contributed by atoms with E-state index in [1.54, 1.807) is 160 Å². The van der Waals surface area contributed by atoms with Crippen molar-refractivity contribution < 1.29 is 71.8 Å². The van der Waals surface area contributed by atoms with E-state index in [-0.39, 0.29) is 62.1 Å². The quantitative estimate of drug-likeness (QED) is 0.0207. The lowest BCUT2D eigenvalue weighted by molar-refractivity contribution is -0.149. The van der Waals surface area contributed by atoms with Crippen molar-refractivity contribution >= 4 is 36.1 Å². The van der Waals surface area contributed by atoms with E-state index >= 15 is 4.39 Å². The molecule has 7 rings (SSSR count). The Morgan fingerprint density at radius 2 is 0.964 bits per heavy atom. The number of carboxylic acids is 1. The molecule has 0 fully saturated rings. The average Bonchev–Trinajstić information content (AvgIpc) is 1.88. The SMILES string of the molecule is CC(C)(C)OC(=O)N[C@@H](C[C@@H](O)CNC(=O)OCc1ccccc1)C(=O)N[C@@H](Cc1cc(-c2ccc(OCc3ccccc3)c(C[C@H](NC(=O)OCc3ccccc3)C(=O)O)c2)cc(F)c1OCc1ccccc1)C(=O)OCc1ccccc1. The van der Waals surface area contributed by atoms with Crippen LogP contribution >= 0.6 is 0 Å². The smallest absolute Gasteiger partial charge is 0.408 e. The van der Waals surface area contributed by atoms with Crippen molar-refractivity contribution in [3.8, 4) is 22.6 Å². The Kier molecular flexibility index (Phi) is 22.8. The van der Waals surface area contributed by atoms with E-state index in [0.29, 0.717) is 27.8 Å². The van der Waals surface area contributed by atoms with E-state index in [9.17, 15) is 39.0 Å². The largest absolute Gasteiger partial charge is 0.489 e. The summed E-state index contributed by atoms with van der Waals surface area (Å²) in [6.45, 7) is 3.96. The van der Waals surface area contributed by atoms with Gasteiger partial charge in [0.1, 0.15) is 62.5 Å². The summed E-state index contributed by atoms with van der Waals surface area (Å²) in [7, 11) is 0.